The van der Waals surface area contributed by atoms with E-state index in [1.807, 2.05) is 27.7 Å². The Bertz CT molecular complexity index is 541. The Hall–Kier alpha value is -1.50. The number of amides is 2. The Morgan fingerprint density at radius 2 is 1.03 bits per heavy atom. The number of nitrogens with one attached hydrogen (secondary N) is 2. The van der Waals surface area contributed by atoms with Crippen LogP contribution in [0.4, 0.5) is 0 Å². The molecule has 174 valence electrons. The van der Waals surface area contributed by atoms with Crippen LogP contribution in [-0.2, 0) is 19.2 Å². The third-order valence-corrected chi connectivity index (χ3v) is 6.37. The number of hydrogen-bond acceptors (Lipinski definition) is 8. The number of aliphatic carboxylic acids is 2. The number of hydrogen-bond donors (Lipinski definition) is 6. The first kappa shape index (κ1) is 28.5. The van der Waals surface area contributed by atoms with Crippen molar-refractivity contribution in [1.29, 1.82) is 0 Å². The molecule has 0 heterocycles. The van der Waals surface area contributed by atoms with Gasteiger partial charge in [-0.05, 0) is 24.7 Å². The maximum Gasteiger partial charge on any atom is 0.326 e. The molecule has 4 atom stereocenters. The number of carboxylic acid groups (broad SMARTS) is 2. The van der Waals surface area contributed by atoms with Gasteiger partial charge < -0.3 is 32.3 Å². The molecule has 0 fully saturated rings. The lowest BCUT2D eigenvalue weighted by atomic mass is 10.0. The smallest absolute Gasteiger partial charge is 0.326 e. The van der Waals surface area contributed by atoms with Crippen molar-refractivity contribution in [3.63, 3.8) is 0 Å². The van der Waals surface area contributed by atoms with Crippen LogP contribution in [0.1, 0.15) is 40.5 Å². The average molecular weight is 467 g/mol. The van der Waals surface area contributed by atoms with Crippen LogP contribution in [0.3, 0.4) is 0 Å². The molecule has 0 aromatic heterocycles. The Balaban J connectivity index is 4.36. The van der Waals surface area contributed by atoms with Crippen molar-refractivity contribution in [2.45, 2.75) is 64.7 Å². The van der Waals surface area contributed by atoms with Crippen molar-refractivity contribution >= 4 is 45.3 Å². The summed E-state index contributed by atoms with van der Waals surface area (Å²) in [6.45, 7) is 7.43. The van der Waals surface area contributed by atoms with Gasteiger partial charge in [0.25, 0.3) is 0 Å². The highest BCUT2D eigenvalue weighted by molar-refractivity contribution is 8.76. The van der Waals surface area contributed by atoms with E-state index in [0.29, 0.717) is 12.8 Å². The van der Waals surface area contributed by atoms with Crippen LogP contribution in [-0.4, -0.2) is 69.6 Å². The number of carbonyl (C=O) groups is 4. The standard InChI is InChI=1S/C18H34N4O6S2/c1-9(2)5-13(17(25)26)21-15(23)11(19)7-29-30-8-12(20)16(24)22-14(18(27)28)6-10(3)4/h9-14H,5-8,19-20H2,1-4H3,(H,21,23)(H,22,24)(H,25,26)(H,27,28)/t11-,12-,13-,14-/m0/s1. The lowest BCUT2D eigenvalue weighted by Gasteiger charge is -2.20. The van der Waals surface area contributed by atoms with Gasteiger partial charge in [0.1, 0.15) is 12.1 Å². The second-order valence-corrected chi connectivity index (χ2v) is 10.4. The second kappa shape index (κ2) is 14.5. The third-order valence-electron chi connectivity index (χ3n) is 3.90. The monoisotopic (exact) mass is 466 g/mol. The van der Waals surface area contributed by atoms with Gasteiger partial charge in [0.15, 0.2) is 0 Å². The van der Waals surface area contributed by atoms with E-state index in [1.54, 1.807) is 0 Å². The summed E-state index contributed by atoms with van der Waals surface area (Å²) in [4.78, 5) is 46.6. The number of carboxylic acids is 2. The maximum absolute atomic E-state index is 12.1. The fraction of sp³-hybridized carbons (Fsp3) is 0.778. The van der Waals surface area contributed by atoms with Crippen molar-refractivity contribution in [3.05, 3.63) is 0 Å². The summed E-state index contributed by atoms with van der Waals surface area (Å²) in [5.41, 5.74) is 11.6. The first-order chi connectivity index (χ1) is 13.8. The zero-order chi connectivity index (χ0) is 23.4. The molecule has 2 amide bonds. The fourth-order valence-corrected chi connectivity index (χ4v) is 4.58. The first-order valence-electron chi connectivity index (χ1n) is 9.67. The molecule has 0 unspecified atom stereocenters. The van der Waals surface area contributed by atoms with E-state index >= 15 is 0 Å². The average Bonchev–Trinajstić information content (AvgIpc) is 2.62. The van der Waals surface area contributed by atoms with E-state index in [4.69, 9.17) is 11.5 Å². The van der Waals surface area contributed by atoms with E-state index in [0.717, 1.165) is 0 Å². The van der Waals surface area contributed by atoms with E-state index in [1.165, 1.54) is 21.6 Å². The second-order valence-electron chi connectivity index (χ2n) is 7.84. The predicted octanol–water partition coefficient (Wildman–Crippen LogP) is 0.253. The molecule has 0 rings (SSSR count). The lowest BCUT2D eigenvalue weighted by Crippen LogP contribution is -2.50. The van der Waals surface area contributed by atoms with Gasteiger partial charge in [-0.25, -0.2) is 9.59 Å². The van der Waals surface area contributed by atoms with E-state index in [-0.39, 0.29) is 23.3 Å². The molecule has 0 saturated carbocycles. The Morgan fingerprint density at radius 3 is 1.27 bits per heavy atom. The normalized spacial score (nSPS) is 15.3. The van der Waals surface area contributed by atoms with Crippen molar-refractivity contribution in [2.75, 3.05) is 11.5 Å². The Kier molecular flexibility index (Phi) is 13.8. The van der Waals surface area contributed by atoms with Gasteiger partial charge in [0.05, 0.1) is 12.1 Å². The highest BCUT2D eigenvalue weighted by Crippen LogP contribution is 2.22. The summed E-state index contributed by atoms with van der Waals surface area (Å²) >= 11 is 0. The van der Waals surface area contributed by atoms with E-state index in [9.17, 15) is 29.4 Å². The van der Waals surface area contributed by atoms with Crippen molar-refractivity contribution in [3.8, 4) is 0 Å². The van der Waals surface area contributed by atoms with Crippen molar-refractivity contribution in [1.82, 2.24) is 10.6 Å². The summed E-state index contributed by atoms with van der Waals surface area (Å²) in [7, 11) is 2.46. The van der Waals surface area contributed by atoms with Gasteiger partial charge in [-0.15, -0.1) is 0 Å². The largest absolute Gasteiger partial charge is 0.480 e. The molecule has 12 heteroatoms. The van der Waals surface area contributed by atoms with Gasteiger partial charge in [0.2, 0.25) is 11.8 Å². The molecule has 0 aromatic rings. The van der Waals surface area contributed by atoms with Crippen LogP contribution in [0.15, 0.2) is 0 Å². The van der Waals surface area contributed by atoms with Crippen LogP contribution in [0.5, 0.6) is 0 Å². The number of carbonyl (C=O) groups excluding carboxylic acids is 2. The minimum Gasteiger partial charge on any atom is -0.480 e. The Morgan fingerprint density at radius 1 is 0.733 bits per heavy atom. The fourth-order valence-electron chi connectivity index (χ4n) is 2.34. The van der Waals surface area contributed by atoms with Crippen LogP contribution in [0, 0.1) is 11.8 Å². The van der Waals surface area contributed by atoms with E-state index in [2.05, 4.69) is 10.6 Å². The van der Waals surface area contributed by atoms with Gasteiger partial charge >= 0.3 is 11.9 Å². The summed E-state index contributed by atoms with van der Waals surface area (Å²) in [6.07, 6.45) is 0.599. The van der Waals surface area contributed by atoms with Crippen molar-refractivity contribution in [2.24, 2.45) is 23.3 Å². The molecule has 0 saturated heterocycles. The van der Waals surface area contributed by atoms with Gasteiger partial charge in [-0.1, -0.05) is 49.3 Å². The molecule has 0 radical (unpaired) electrons. The quantitative estimate of drug-likeness (QED) is 0.144. The minimum absolute atomic E-state index is 0.0986. The molecular weight excluding hydrogens is 432 g/mol. The predicted molar refractivity (Wildman–Crippen MR) is 119 cm³/mol. The van der Waals surface area contributed by atoms with Crippen LogP contribution in [0.25, 0.3) is 0 Å². The van der Waals surface area contributed by atoms with Crippen molar-refractivity contribution < 1.29 is 29.4 Å². The molecule has 8 N–H and O–H groups in total. The zero-order valence-corrected chi connectivity index (χ0v) is 19.4. The highest BCUT2D eigenvalue weighted by Gasteiger charge is 2.25. The molecule has 10 nitrogen and oxygen atoms in total. The highest BCUT2D eigenvalue weighted by atomic mass is 33.1. The molecule has 0 aliphatic carbocycles. The first-order valence-corrected chi connectivity index (χ1v) is 12.2. The van der Waals surface area contributed by atoms with Crippen LogP contribution >= 0.6 is 21.6 Å². The topological polar surface area (TPSA) is 185 Å². The molecular formula is C18H34N4O6S2. The van der Waals surface area contributed by atoms with E-state index < -0.39 is 47.9 Å². The molecule has 30 heavy (non-hydrogen) atoms. The summed E-state index contributed by atoms with van der Waals surface area (Å²) in [6, 6.07) is -3.81. The third kappa shape index (κ3) is 12.3. The summed E-state index contributed by atoms with van der Waals surface area (Å²) < 4.78 is 0. The van der Waals surface area contributed by atoms with Gasteiger partial charge in [-0.2, -0.15) is 0 Å². The molecule has 0 spiro atoms. The van der Waals surface area contributed by atoms with Crippen LogP contribution in [0.2, 0.25) is 0 Å². The molecule has 0 aliphatic rings. The minimum atomic E-state index is -1.11. The Labute approximate surface area is 185 Å². The number of rotatable bonds is 15. The molecule has 0 aromatic carbocycles. The zero-order valence-electron chi connectivity index (χ0n) is 17.8. The summed E-state index contributed by atoms with van der Waals surface area (Å²) in [5, 5.41) is 23.2. The van der Waals surface area contributed by atoms with Gasteiger partial charge in [0, 0.05) is 11.5 Å². The lowest BCUT2D eigenvalue weighted by molar-refractivity contribution is -0.142. The maximum atomic E-state index is 12.1. The van der Waals surface area contributed by atoms with Crippen LogP contribution < -0.4 is 22.1 Å². The SMILES string of the molecule is CC(C)C[C@H](NC(=O)[C@@H](N)CSSC[C@H](N)C(=O)N[C@@H](CC(C)C)C(=O)O)C(=O)O. The van der Waals surface area contributed by atoms with Gasteiger partial charge in [-0.3, -0.25) is 9.59 Å². The number of nitrogens with two attached hydrogens (primary N) is 2. The summed E-state index contributed by atoms with van der Waals surface area (Å²) in [5.74, 6) is -2.75. The molecule has 0 aliphatic heterocycles. The molecule has 0 bridgehead atoms.